The van der Waals surface area contributed by atoms with Gasteiger partial charge in [0, 0.05) is 31.5 Å². The Kier molecular flexibility index (Phi) is 6.78. The lowest BCUT2D eigenvalue weighted by molar-refractivity contribution is -0.132. The van der Waals surface area contributed by atoms with Gasteiger partial charge in [-0.3, -0.25) is 9.59 Å². The van der Waals surface area contributed by atoms with E-state index in [1.807, 2.05) is 36.2 Å². The molecule has 23 heavy (non-hydrogen) atoms. The highest BCUT2D eigenvalue weighted by molar-refractivity contribution is 5.97. The number of Topliss-reactive ketones (excluding diaryl/α,β-unsaturated/α-hetero) is 1. The number of carbonyl (C=O) groups is 2. The van der Waals surface area contributed by atoms with E-state index in [2.05, 4.69) is 12.2 Å². The van der Waals surface area contributed by atoms with E-state index in [1.165, 1.54) is 5.56 Å². The van der Waals surface area contributed by atoms with Gasteiger partial charge in [0.05, 0.1) is 0 Å². The lowest BCUT2D eigenvalue weighted by Gasteiger charge is -2.32. The van der Waals surface area contributed by atoms with Crippen molar-refractivity contribution in [3.8, 4) is 0 Å². The fourth-order valence-electron chi connectivity index (χ4n) is 3.12. The Bertz CT molecular complexity index is 517. The molecular weight excluding hydrogens is 288 g/mol. The summed E-state index contributed by atoms with van der Waals surface area (Å²) in [5, 5.41) is 3.20. The minimum Gasteiger partial charge on any atom is -0.343 e. The van der Waals surface area contributed by atoms with Crippen molar-refractivity contribution in [1.82, 2.24) is 10.2 Å². The molecule has 1 aromatic rings. The first kappa shape index (κ1) is 17.7. The largest absolute Gasteiger partial charge is 0.343 e. The van der Waals surface area contributed by atoms with E-state index in [-0.39, 0.29) is 11.7 Å². The summed E-state index contributed by atoms with van der Waals surface area (Å²) in [7, 11) is 1.97. The summed E-state index contributed by atoms with van der Waals surface area (Å²) < 4.78 is 0. The van der Waals surface area contributed by atoms with Gasteiger partial charge in [-0.15, -0.1) is 0 Å². The Hall–Kier alpha value is -1.68. The number of piperidine rings is 1. The van der Waals surface area contributed by atoms with Crippen LogP contribution in [0.3, 0.4) is 0 Å². The fourth-order valence-corrected chi connectivity index (χ4v) is 3.12. The lowest BCUT2D eigenvalue weighted by atomic mass is 9.96. The summed E-state index contributed by atoms with van der Waals surface area (Å²) in [6.07, 6.45) is 3.71. The van der Waals surface area contributed by atoms with Crippen molar-refractivity contribution in [2.75, 3.05) is 26.7 Å². The van der Waals surface area contributed by atoms with Gasteiger partial charge in [-0.05, 0) is 44.3 Å². The quantitative estimate of drug-likeness (QED) is 0.787. The van der Waals surface area contributed by atoms with Crippen molar-refractivity contribution in [2.24, 2.45) is 5.92 Å². The van der Waals surface area contributed by atoms with Gasteiger partial charge in [-0.2, -0.15) is 0 Å². The normalized spacial score (nSPS) is 15.7. The van der Waals surface area contributed by atoms with Gasteiger partial charge in [-0.1, -0.05) is 31.2 Å². The average molecular weight is 316 g/mol. The summed E-state index contributed by atoms with van der Waals surface area (Å²) in [4.78, 5) is 26.4. The molecule has 0 aliphatic carbocycles. The summed E-state index contributed by atoms with van der Waals surface area (Å²) >= 11 is 0. The third-order valence-corrected chi connectivity index (χ3v) is 4.71. The second-order valence-electron chi connectivity index (χ2n) is 6.36. The molecule has 1 aliphatic heterocycles. The molecule has 1 N–H and O–H groups in total. The summed E-state index contributed by atoms with van der Waals surface area (Å²) in [6.45, 7) is 4.76. The standard InChI is InChI=1S/C19H28N2O2/c1-3-15-4-6-17(7-5-15)18(22)8-9-19(23)21-12-10-16(11-13-21)14-20-2/h4-7,16,20H,3,8-14H2,1-2H3. The van der Waals surface area contributed by atoms with Crippen molar-refractivity contribution < 1.29 is 9.59 Å². The van der Waals surface area contributed by atoms with E-state index < -0.39 is 0 Å². The predicted octanol–water partition coefficient (Wildman–Crippen LogP) is 2.67. The number of hydrogen-bond acceptors (Lipinski definition) is 3. The van der Waals surface area contributed by atoms with Crippen molar-refractivity contribution in [2.45, 2.75) is 39.0 Å². The molecule has 0 unspecified atom stereocenters. The van der Waals surface area contributed by atoms with E-state index in [0.29, 0.717) is 24.3 Å². The molecule has 0 atom stereocenters. The molecule has 0 radical (unpaired) electrons. The summed E-state index contributed by atoms with van der Waals surface area (Å²) in [5.41, 5.74) is 1.93. The van der Waals surface area contributed by atoms with Gasteiger partial charge in [0.2, 0.25) is 5.91 Å². The summed E-state index contributed by atoms with van der Waals surface area (Å²) in [5.74, 6) is 0.847. The van der Waals surface area contributed by atoms with Gasteiger partial charge >= 0.3 is 0 Å². The van der Waals surface area contributed by atoms with Crippen molar-refractivity contribution in [3.05, 3.63) is 35.4 Å². The van der Waals surface area contributed by atoms with Crippen molar-refractivity contribution in [3.63, 3.8) is 0 Å². The second kappa shape index (κ2) is 8.82. The molecular formula is C19H28N2O2. The van der Waals surface area contributed by atoms with Crippen LogP contribution in [0.2, 0.25) is 0 Å². The zero-order valence-electron chi connectivity index (χ0n) is 14.3. The minimum atomic E-state index is 0.0612. The number of hydrogen-bond donors (Lipinski definition) is 1. The van der Waals surface area contributed by atoms with Gasteiger partial charge in [-0.25, -0.2) is 0 Å². The molecule has 1 amide bonds. The zero-order valence-corrected chi connectivity index (χ0v) is 14.3. The van der Waals surface area contributed by atoms with Crippen molar-refractivity contribution >= 4 is 11.7 Å². The highest BCUT2D eigenvalue weighted by Gasteiger charge is 2.22. The molecule has 4 nitrogen and oxygen atoms in total. The SMILES string of the molecule is CCc1ccc(C(=O)CCC(=O)N2CCC(CNC)CC2)cc1. The number of nitrogens with one attached hydrogen (secondary N) is 1. The molecule has 1 saturated heterocycles. The Morgan fingerprint density at radius 2 is 1.78 bits per heavy atom. The molecule has 1 fully saturated rings. The van der Waals surface area contributed by atoms with Crippen LogP contribution < -0.4 is 5.32 Å². The summed E-state index contributed by atoms with van der Waals surface area (Å²) in [6, 6.07) is 7.72. The first-order chi connectivity index (χ1) is 11.1. The zero-order chi connectivity index (χ0) is 16.7. The number of aryl methyl sites for hydroxylation is 1. The molecule has 0 aromatic heterocycles. The smallest absolute Gasteiger partial charge is 0.223 e. The molecule has 4 heteroatoms. The molecule has 126 valence electrons. The topological polar surface area (TPSA) is 49.4 Å². The first-order valence-electron chi connectivity index (χ1n) is 8.68. The predicted molar refractivity (Wildman–Crippen MR) is 92.6 cm³/mol. The lowest BCUT2D eigenvalue weighted by Crippen LogP contribution is -2.40. The highest BCUT2D eigenvalue weighted by atomic mass is 16.2. The van der Waals surface area contributed by atoms with E-state index in [1.54, 1.807) is 0 Å². The molecule has 1 aliphatic rings. The first-order valence-corrected chi connectivity index (χ1v) is 8.68. The van der Waals surface area contributed by atoms with Gasteiger partial charge in [0.1, 0.15) is 0 Å². The van der Waals surface area contributed by atoms with E-state index in [9.17, 15) is 9.59 Å². The molecule has 2 rings (SSSR count). The minimum absolute atomic E-state index is 0.0612. The Labute approximate surface area is 139 Å². The highest BCUT2D eigenvalue weighted by Crippen LogP contribution is 2.18. The maximum absolute atomic E-state index is 12.3. The Morgan fingerprint density at radius 3 is 2.35 bits per heavy atom. The van der Waals surface area contributed by atoms with Crippen LogP contribution in [-0.2, 0) is 11.2 Å². The average Bonchev–Trinajstić information content (AvgIpc) is 2.60. The van der Waals surface area contributed by atoms with Crippen LogP contribution in [0.1, 0.15) is 48.5 Å². The number of carbonyl (C=O) groups excluding carboxylic acids is 2. The Morgan fingerprint density at radius 1 is 1.13 bits per heavy atom. The van der Waals surface area contributed by atoms with Crippen LogP contribution in [0.25, 0.3) is 0 Å². The number of ketones is 1. The van der Waals surface area contributed by atoms with E-state index in [0.717, 1.165) is 38.9 Å². The number of rotatable bonds is 7. The van der Waals surface area contributed by atoms with Crippen LogP contribution >= 0.6 is 0 Å². The fraction of sp³-hybridized carbons (Fsp3) is 0.579. The van der Waals surface area contributed by atoms with E-state index in [4.69, 9.17) is 0 Å². The third kappa shape index (κ3) is 5.17. The number of amides is 1. The van der Waals surface area contributed by atoms with Crippen molar-refractivity contribution in [1.29, 1.82) is 0 Å². The molecule has 0 spiro atoms. The van der Waals surface area contributed by atoms with Gasteiger partial charge in [0.15, 0.2) is 5.78 Å². The number of benzene rings is 1. The van der Waals surface area contributed by atoms with Crippen LogP contribution in [-0.4, -0.2) is 43.3 Å². The third-order valence-electron chi connectivity index (χ3n) is 4.71. The van der Waals surface area contributed by atoms with Crippen LogP contribution in [0.5, 0.6) is 0 Å². The Balaban J connectivity index is 1.76. The maximum atomic E-state index is 12.3. The maximum Gasteiger partial charge on any atom is 0.223 e. The monoisotopic (exact) mass is 316 g/mol. The molecule has 1 aromatic carbocycles. The number of likely N-dealkylation sites (tertiary alicyclic amines) is 1. The second-order valence-corrected chi connectivity index (χ2v) is 6.36. The molecule has 0 saturated carbocycles. The van der Waals surface area contributed by atoms with Crippen LogP contribution in [0.4, 0.5) is 0 Å². The van der Waals surface area contributed by atoms with Crippen LogP contribution in [0, 0.1) is 5.92 Å². The van der Waals surface area contributed by atoms with E-state index >= 15 is 0 Å². The van der Waals surface area contributed by atoms with Crippen LogP contribution in [0.15, 0.2) is 24.3 Å². The van der Waals surface area contributed by atoms with Gasteiger partial charge < -0.3 is 10.2 Å². The number of nitrogens with zero attached hydrogens (tertiary/aromatic N) is 1. The molecule has 1 heterocycles. The molecule has 0 bridgehead atoms. The van der Waals surface area contributed by atoms with Gasteiger partial charge in [0.25, 0.3) is 0 Å².